The molecular weight excluding hydrogens is 602 g/mol. The molecule has 38 heavy (non-hydrogen) atoms. The van der Waals surface area contributed by atoms with Crippen molar-refractivity contribution in [3.05, 3.63) is 118 Å². The summed E-state index contributed by atoms with van der Waals surface area (Å²) < 4.78 is 42.7. The van der Waals surface area contributed by atoms with E-state index in [2.05, 4.69) is 72.8 Å². The summed E-state index contributed by atoms with van der Waals surface area (Å²) in [5.74, 6) is 1.37. The third-order valence-corrected chi connectivity index (χ3v) is 26.0. The molecule has 1 aliphatic rings. The first-order valence-electron chi connectivity index (χ1n) is 12.8. The summed E-state index contributed by atoms with van der Waals surface area (Å²) in [7, 11) is -3.75. The summed E-state index contributed by atoms with van der Waals surface area (Å²) >= 11 is -4.33. The van der Waals surface area contributed by atoms with E-state index in [9.17, 15) is 0 Å². The van der Waals surface area contributed by atoms with Gasteiger partial charge in [0, 0.05) is 0 Å². The Kier molecular flexibility index (Phi) is 8.39. The van der Waals surface area contributed by atoms with E-state index in [0.29, 0.717) is 11.5 Å². The van der Waals surface area contributed by atoms with Gasteiger partial charge < -0.3 is 0 Å². The first-order valence-corrected chi connectivity index (χ1v) is 20.0. The minimum absolute atomic E-state index is 0.187. The van der Waals surface area contributed by atoms with Crippen LogP contribution in [-0.4, -0.2) is 38.4 Å². The van der Waals surface area contributed by atoms with Crippen LogP contribution in [0.25, 0.3) is 6.08 Å². The molecule has 1 heterocycles. The Balaban J connectivity index is 1.92. The van der Waals surface area contributed by atoms with Crippen LogP contribution in [0.15, 0.2) is 113 Å². The van der Waals surface area contributed by atoms with Gasteiger partial charge in [0.2, 0.25) is 0 Å². The third kappa shape index (κ3) is 5.08. The van der Waals surface area contributed by atoms with Gasteiger partial charge in [0.1, 0.15) is 0 Å². The normalized spacial score (nSPS) is 13.5. The van der Waals surface area contributed by atoms with Gasteiger partial charge >= 0.3 is 229 Å². The van der Waals surface area contributed by atoms with Gasteiger partial charge in [0.05, 0.1) is 0 Å². The molecule has 0 N–H and O–H groups in total. The predicted molar refractivity (Wildman–Crippen MR) is 155 cm³/mol. The maximum atomic E-state index is 15.0. The molecule has 0 atom stereocenters. The monoisotopic (exact) mass is 634 g/mol. The summed E-state index contributed by atoms with van der Waals surface area (Å²) in [5.41, 5.74) is 0.854. The number of ether oxygens (including phenoxy) is 2. The maximum absolute atomic E-state index is 15.0. The fourth-order valence-corrected chi connectivity index (χ4v) is 26.5. The number of hydrogen-bond donors (Lipinski definition) is 0. The van der Waals surface area contributed by atoms with Crippen LogP contribution in [0, 0.1) is 0 Å². The molecule has 0 amide bonds. The Bertz CT molecular complexity index is 1330. The van der Waals surface area contributed by atoms with Gasteiger partial charge in [-0.15, -0.1) is 0 Å². The third-order valence-electron chi connectivity index (χ3n) is 6.60. The van der Waals surface area contributed by atoms with Crippen molar-refractivity contribution in [1.29, 1.82) is 0 Å². The summed E-state index contributed by atoms with van der Waals surface area (Å²) in [6, 6.07) is 37.1. The molecule has 4 aromatic rings. The average molecular weight is 633 g/mol. The van der Waals surface area contributed by atoms with E-state index < -0.39 is 26.0 Å². The van der Waals surface area contributed by atoms with E-state index in [4.69, 9.17) is 18.5 Å². The van der Waals surface area contributed by atoms with E-state index in [1.54, 1.807) is 0 Å². The zero-order valence-electron chi connectivity index (χ0n) is 21.6. The minimum atomic E-state index is -4.33. The molecule has 0 saturated carbocycles. The molecule has 5 rings (SSSR count). The second-order valence-corrected chi connectivity index (χ2v) is 22.8. The van der Waals surface area contributed by atoms with Crippen molar-refractivity contribution in [2.75, 3.05) is 20.0 Å². The molecular formula is C31H31O5PSn. The standard InChI is InChI=1S/C13H16O5P.3C6H5.Sn/c1-3-17-19(14,18-4-2)8-7-11-5-6-12-13(9-11)16-10-15-12;3*1-2-4-6-5-3-1;/h5-7,9H,3-4,10H2,1-2H3;3*1-5H;. The Morgan fingerprint density at radius 3 is 1.68 bits per heavy atom. The Morgan fingerprint density at radius 2 is 1.21 bits per heavy atom. The molecule has 194 valence electrons. The van der Waals surface area contributed by atoms with E-state index in [1.807, 2.05) is 56.3 Å². The van der Waals surface area contributed by atoms with E-state index in [0.717, 1.165) is 19.6 Å². The summed E-state index contributed by atoms with van der Waals surface area (Å²) in [6.45, 7) is 4.42. The Morgan fingerprint density at radius 1 is 0.737 bits per heavy atom. The van der Waals surface area contributed by atoms with Crippen molar-refractivity contribution < 1.29 is 23.1 Å². The van der Waals surface area contributed by atoms with Gasteiger partial charge in [-0.05, 0) is 0 Å². The molecule has 0 unspecified atom stereocenters. The van der Waals surface area contributed by atoms with Gasteiger partial charge in [0.25, 0.3) is 0 Å². The Hall–Kier alpha value is -2.83. The van der Waals surface area contributed by atoms with Crippen LogP contribution in [0.5, 0.6) is 11.5 Å². The molecule has 0 aromatic heterocycles. The Labute approximate surface area is 228 Å². The second-order valence-electron chi connectivity index (χ2n) is 8.82. The van der Waals surface area contributed by atoms with Crippen molar-refractivity contribution in [3.63, 3.8) is 0 Å². The van der Waals surface area contributed by atoms with Crippen molar-refractivity contribution in [1.82, 2.24) is 0 Å². The second kappa shape index (κ2) is 11.9. The molecule has 0 bridgehead atoms. The predicted octanol–water partition coefficient (Wildman–Crippen LogP) is 5.73. The van der Waals surface area contributed by atoms with Crippen LogP contribution in [-0.2, 0) is 13.6 Å². The van der Waals surface area contributed by atoms with Crippen LogP contribution in [0.2, 0.25) is 0 Å². The van der Waals surface area contributed by atoms with Crippen LogP contribution in [0.1, 0.15) is 19.4 Å². The quantitative estimate of drug-likeness (QED) is 0.165. The zero-order chi connectivity index (χ0) is 26.4. The summed E-state index contributed by atoms with van der Waals surface area (Å²) in [6.07, 6.45) is 2.02. The van der Waals surface area contributed by atoms with Crippen molar-refractivity contribution in [2.45, 2.75) is 13.8 Å². The van der Waals surface area contributed by atoms with Gasteiger partial charge in [0.15, 0.2) is 0 Å². The molecule has 0 radical (unpaired) electrons. The van der Waals surface area contributed by atoms with Crippen molar-refractivity contribution in [3.8, 4) is 11.5 Å². The molecule has 0 saturated heterocycles. The molecule has 7 heteroatoms. The van der Waals surface area contributed by atoms with Gasteiger partial charge in [-0.1, -0.05) is 0 Å². The van der Waals surface area contributed by atoms with Crippen molar-refractivity contribution >= 4 is 42.8 Å². The van der Waals surface area contributed by atoms with Crippen molar-refractivity contribution in [2.24, 2.45) is 0 Å². The molecule has 5 nitrogen and oxygen atoms in total. The zero-order valence-corrected chi connectivity index (χ0v) is 25.3. The first-order chi connectivity index (χ1) is 18.6. The van der Waals surface area contributed by atoms with Crippen LogP contribution >= 0.6 is 7.60 Å². The summed E-state index contributed by atoms with van der Waals surface area (Å²) in [4.78, 5) is 0. The molecule has 0 aliphatic carbocycles. The molecule has 4 aromatic carbocycles. The fourth-order valence-electron chi connectivity index (χ4n) is 5.08. The summed E-state index contributed by atoms with van der Waals surface area (Å²) in [5, 5.41) is 0. The number of rotatable bonds is 10. The van der Waals surface area contributed by atoms with E-state index in [-0.39, 0.29) is 20.0 Å². The first kappa shape index (κ1) is 26.8. The topological polar surface area (TPSA) is 54.0 Å². The van der Waals surface area contributed by atoms with Crippen LogP contribution in [0.4, 0.5) is 0 Å². The van der Waals surface area contributed by atoms with E-state index in [1.165, 1.54) is 0 Å². The number of fused-ring (bicyclic) bond motifs is 1. The van der Waals surface area contributed by atoms with Crippen LogP contribution < -0.4 is 20.2 Å². The SMILES string of the molecule is CCOP(=O)(OCC)/[C](=C\c1ccc2c(c1)OCO2)[Sn]([c]1ccccc1)([c]1ccccc1)[c]1ccccc1. The average Bonchev–Trinajstić information content (AvgIpc) is 3.43. The van der Waals surface area contributed by atoms with Gasteiger partial charge in [-0.2, -0.15) is 0 Å². The number of hydrogen-bond acceptors (Lipinski definition) is 5. The number of benzene rings is 4. The fraction of sp³-hybridized carbons (Fsp3) is 0.161. The van der Waals surface area contributed by atoms with Gasteiger partial charge in [-0.3, -0.25) is 0 Å². The molecule has 0 fully saturated rings. The van der Waals surface area contributed by atoms with E-state index >= 15 is 4.57 Å². The molecule has 1 aliphatic heterocycles. The molecule has 0 spiro atoms. The van der Waals surface area contributed by atoms with Gasteiger partial charge in [-0.25, -0.2) is 0 Å². The van der Waals surface area contributed by atoms with Crippen LogP contribution in [0.3, 0.4) is 0 Å².